The van der Waals surface area contributed by atoms with Crippen molar-refractivity contribution in [3.8, 4) is 0 Å². The minimum Gasteiger partial charge on any atom is -0.355 e. The van der Waals surface area contributed by atoms with Gasteiger partial charge in [-0.3, -0.25) is 14.5 Å². The quantitative estimate of drug-likeness (QED) is 0.901. The number of rotatable bonds is 5. The molecule has 1 N–H and O–H groups in total. The second-order valence-corrected chi connectivity index (χ2v) is 6.47. The van der Waals surface area contributed by atoms with Gasteiger partial charge in [-0.25, -0.2) is 0 Å². The molecular weight excluding hydrogens is 314 g/mol. The molecule has 1 fully saturated rings. The Morgan fingerprint density at radius 2 is 1.72 bits per heavy atom. The zero-order valence-electron chi connectivity index (χ0n) is 14.7. The van der Waals surface area contributed by atoms with Crippen LogP contribution in [0.15, 0.2) is 42.5 Å². The SMILES string of the molecule is CCNC(=O)CN1CCN(C(=O)Cc2ccc3ccccc3c2)CC1. The van der Waals surface area contributed by atoms with Gasteiger partial charge in [0.2, 0.25) is 11.8 Å². The summed E-state index contributed by atoms with van der Waals surface area (Å²) < 4.78 is 0. The van der Waals surface area contributed by atoms with Gasteiger partial charge in [-0.2, -0.15) is 0 Å². The molecule has 1 saturated heterocycles. The molecule has 0 aliphatic carbocycles. The van der Waals surface area contributed by atoms with Crippen LogP contribution in [0, 0.1) is 0 Å². The van der Waals surface area contributed by atoms with Gasteiger partial charge in [0, 0.05) is 32.7 Å². The Balaban J connectivity index is 1.53. The molecule has 132 valence electrons. The first-order chi connectivity index (χ1) is 12.2. The van der Waals surface area contributed by atoms with E-state index in [2.05, 4.69) is 34.5 Å². The molecule has 2 amide bonds. The largest absolute Gasteiger partial charge is 0.355 e. The van der Waals surface area contributed by atoms with Crippen molar-refractivity contribution in [2.24, 2.45) is 0 Å². The summed E-state index contributed by atoms with van der Waals surface area (Å²) in [6, 6.07) is 14.4. The number of carbonyl (C=O) groups is 2. The number of nitrogens with zero attached hydrogens (tertiary/aromatic N) is 2. The minimum absolute atomic E-state index is 0.0541. The molecule has 1 aliphatic heterocycles. The van der Waals surface area contributed by atoms with Gasteiger partial charge in [0.1, 0.15) is 0 Å². The van der Waals surface area contributed by atoms with Crippen molar-refractivity contribution in [3.63, 3.8) is 0 Å². The van der Waals surface area contributed by atoms with Gasteiger partial charge < -0.3 is 10.2 Å². The Labute approximate surface area is 148 Å². The summed E-state index contributed by atoms with van der Waals surface area (Å²) >= 11 is 0. The topological polar surface area (TPSA) is 52.7 Å². The van der Waals surface area contributed by atoms with Gasteiger partial charge in [-0.1, -0.05) is 42.5 Å². The molecule has 1 heterocycles. The lowest BCUT2D eigenvalue weighted by atomic mass is 10.0. The van der Waals surface area contributed by atoms with Gasteiger partial charge in [-0.15, -0.1) is 0 Å². The number of hydrogen-bond donors (Lipinski definition) is 1. The van der Waals surface area contributed by atoms with Crippen molar-refractivity contribution < 1.29 is 9.59 Å². The lowest BCUT2D eigenvalue weighted by Crippen LogP contribution is -2.51. The van der Waals surface area contributed by atoms with Crippen molar-refractivity contribution in [2.45, 2.75) is 13.3 Å². The average Bonchev–Trinajstić information content (AvgIpc) is 2.62. The van der Waals surface area contributed by atoms with Crippen LogP contribution in [-0.2, 0) is 16.0 Å². The summed E-state index contributed by atoms with van der Waals surface area (Å²) in [6.45, 7) is 5.86. The highest BCUT2D eigenvalue weighted by molar-refractivity contribution is 5.85. The van der Waals surface area contributed by atoms with Crippen LogP contribution in [0.25, 0.3) is 10.8 Å². The summed E-state index contributed by atoms with van der Waals surface area (Å²) in [5.74, 6) is 0.214. The Morgan fingerprint density at radius 3 is 2.44 bits per heavy atom. The van der Waals surface area contributed by atoms with Gasteiger partial charge in [0.05, 0.1) is 13.0 Å². The monoisotopic (exact) mass is 339 g/mol. The van der Waals surface area contributed by atoms with E-state index in [0.717, 1.165) is 18.7 Å². The number of carbonyl (C=O) groups excluding carboxylic acids is 2. The zero-order valence-corrected chi connectivity index (χ0v) is 14.7. The summed E-state index contributed by atoms with van der Waals surface area (Å²) in [6.07, 6.45) is 0.432. The highest BCUT2D eigenvalue weighted by Gasteiger charge is 2.22. The third kappa shape index (κ3) is 4.57. The van der Waals surface area contributed by atoms with E-state index in [-0.39, 0.29) is 11.8 Å². The molecule has 25 heavy (non-hydrogen) atoms. The van der Waals surface area contributed by atoms with Gasteiger partial charge in [-0.05, 0) is 23.3 Å². The third-order valence-electron chi connectivity index (χ3n) is 4.64. The molecule has 5 nitrogen and oxygen atoms in total. The minimum atomic E-state index is 0.0541. The van der Waals surface area contributed by atoms with Crippen molar-refractivity contribution in [2.75, 3.05) is 39.3 Å². The number of benzene rings is 2. The molecular formula is C20H25N3O2. The van der Waals surface area contributed by atoms with E-state index in [9.17, 15) is 9.59 Å². The Bertz CT molecular complexity index is 751. The van der Waals surface area contributed by atoms with Crippen LogP contribution in [0.3, 0.4) is 0 Å². The van der Waals surface area contributed by atoms with Crippen molar-refractivity contribution in [3.05, 3.63) is 48.0 Å². The van der Waals surface area contributed by atoms with Gasteiger partial charge in [0.15, 0.2) is 0 Å². The summed E-state index contributed by atoms with van der Waals surface area (Å²) in [7, 11) is 0. The van der Waals surface area contributed by atoms with Crippen LogP contribution < -0.4 is 5.32 Å². The van der Waals surface area contributed by atoms with E-state index in [1.165, 1.54) is 10.8 Å². The van der Waals surface area contributed by atoms with E-state index in [0.29, 0.717) is 32.6 Å². The molecule has 0 saturated carbocycles. The van der Waals surface area contributed by atoms with Crippen LogP contribution in [0.1, 0.15) is 12.5 Å². The molecule has 2 aromatic rings. The lowest BCUT2D eigenvalue weighted by Gasteiger charge is -2.34. The fourth-order valence-corrected chi connectivity index (χ4v) is 3.25. The Kier molecular flexibility index (Phi) is 5.66. The third-order valence-corrected chi connectivity index (χ3v) is 4.64. The van der Waals surface area contributed by atoms with E-state index in [4.69, 9.17) is 0 Å². The highest BCUT2D eigenvalue weighted by Crippen LogP contribution is 2.16. The van der Waals surface area contributed by atoms with Crippen LogP contribution in [0.4, 0.5) is 0 Å². The van der Waals surface area contributed by atoms with Gasteiger partial charge in [0.25, 0.3) is 0 Å². The Morgan fingerprint density at radius 1 is 1.00 bits per heavy atom. The summed E-state index contributed by atoms with van der Waals surface area (Å²) in [5, 5.41) is 5.17. The zero-order chi connectivity index (χ0) is 17.6. The molecule has 0 atom stereocenters. The molecule has 0 unspecified atom stereocenters. The van der Waals surface area contributed by atoms with Crippen LogP contribution in [-0.4, -0.2) is 60.9 Å². The fraction of sp³-hybridized carbons (Fsp3) is 0.400. The van der Waals surface area contributed by atoms with E-state index in [1.807, 2.05) is 30.0 Å². The Hall–Kier alpha value is -2.40. The number of amides is 2. The fourth-order valence-electron chi connectivity index (χ4n) is 3.25. The number of likely N-dealkylation sites (N-methyl/N-ethyl adjacent to an activating group) is 1. The molecule has 0 radical (unpaired) electrons. The lowest BCUT2D eigenvalue weighted by molar-refractivity contribution is -0.132. The van der Waals surface area contributed by atoms with Crippen molar-refractivity contribution in [1.29, 1.82) is 0 Å². The number of fused-ring (bicyclic) bond motifs is 1. The molecule has 0 bridgehead atoms. The second-order valence-electron chi connectivity index (χ2n) is 6.47. The summed E-state index contributed by atoms with van der Waals surface area (Å²) in [4.78, 5) is 28.2. The first-order valence-corrected chi connectivity index (χ1v) is 8.90. The molecule has 0 spiro atoms. The van der Waals surface area contributed by atoms with Crippen molar-refractivity contribution in [1.82, 2.24) is 15.1 Å². The maximum Gasteiger partial charge on any atom is 0.234 e. The highest BCUT2D eigenvalue weighted by atomic mass is 16.2. The first-order valence-electron chi connectivity index (χ1n) is 8.90. The van der Waals surface area contributed by atoms with Crippen molar-refractivity contribution >= 4 is 22.6 Å². The number of piperazine rings is 1. The first kappa shape index (κ1) is 17.4. The maximum absolute atomic E-state index is 12.6. The van der Waals surface area contributed by atoms with Crippen LogP contribution in [0.2, 0.25) is 0 Å². The molecule has 3 rings (SSSR count). The molecule has 0 aromatic heterocycles. The standard InChI is InChI=1S/C20H25N3O2/c1-2-21-19(24)15-22-9-11-23(12-10-22)20(25)14-16-7-8-17-5-3-4-6-18(17)13-16/h3-8,13H,2,9-12,14-15H2,1H3,(H,21,24). The second kappa shape index (κ2) is 8.12. The van der Waals surface area contributed by atoms with Crippen LogP contribution >= 0.6 is 0 Å². The number of nitrogens with one attached hydrogen (secondary N) is 1. The predicted molar refractivity (Wildman–Crippen MR) is 99.4 cm³/mol. The van der Waals surface area contributed by atoms with Crippen LogP contribution in [0.5, 0.6) is 0 Å². The predicted octanol–water partition coefficient (Wildman–Crippen LogP) is 1.66. The molecule has 5 heteroatoms. The van der Waals surface area contributed by atoms with E-state index >= 15 is 0 Å². The number of hydrogen-bond acceptors (Lipinski definition) is 3. The van der Waals surface area contributed by atoms with E-state index < -0.39 is 0 Å². The smallest absolute Gasteiger partial charge is 0.234 e. The summed E-state index contributed by atoms with van der Waals surface area (Å²) in [5.41, 5.74) is 1.05. The normalized spacial score (nSPS) is 15.3. The van der Waals surface area contributed by atoms with Gasteiger partial charge >= 0.3 is 0 Å². The average molecular weight is 339 g/mol. The molecule has 2 aromatic carbocycles. The molecule has 1 aliphatic rings. The van der Waals surface area contributed by atoms with E-state index in [1.54, 1.807) is 0 Å². The maximum atomic E-state index is 12.6.